The van der Waals surface area contributed by atoms with Crippen LogP contribution in [0.4, 0.5) is 0 Å². The zero-order valence-corrected chi connectivity index (χ0v) is 10.5. The molecule has 3 aromatic rings. The molecule has 1 saturated heterocycles. The molecule has 0 bridgehead atoms. The number of furan rings is 1. The Bertz CT molecular complexity index is 696. The van der Waals surface area contributed by atoms with E-state index in [0.29, 0.717) is 5.92 Å². The zero-order valence-electron chi connectivity index (χ0n) is 9.72. The monoisotopic (exact) mass is 256 g/mol. The van der Waals surface area contributed by atoms with Gasteiger partial charge in [0.05, 0.1) is 10.7 Å². The van der Waals surface area contributed by atoms with Crippen LogP contribution >= 0.6 is 11.3 Å². The smallest absolute Gasteiger partial charge is 0.134 e. The van der Waals surface area contributed by atoms with Crippen LogP contribution in [0.2, 0.25) is 0 Å². The second-order valence-electron chi connectivity index (χ2n) is 4.57. The third kappa shape index (κ3) is 1.50. The highest BCUT2D eigenvalue weighted by atomic mass is 32.1. The first kappa shape index (κ1) is 10.3. The molecule has 3 nitrogen and oxygen atoms in total. The maximum Gasteiger partial charge on any atom is 0.134 e. The summed E-state index contributed by atoms with van der Waals surface area (Å²) in [5.74, 6) is 0.599. The summed E-state index contributed by atoms with van der Waals surface area (Å²) in [6, 6.07) is 8.09. The van der Waals surface area contributed by atoms with E-state index >= 15 is 0 Å². The molecule has 1 fully saturated rings. The maximum absolute atomic E-state index is 5.57. The lowest BCUT2D eigenvalue weighted by molar-refractivity contribution is 0.447. The number of benzene rings is 1. The molecule has 0 aliphatic carbocycles. The van der Waals surface area contributed by atoms with Gasteiger partial charge in [-0.3, -0.25) is 0 Å². The summed E-state index contributed by atoms with van der Waals surface area (Å²) < 4.78 is 5.57. The second kappa shape index (κ2) is 3.93. The molecule has 4 heteroatoms. The number of nitrogens with zero attached hydrogens (tertiary/aromatic N) is 1. The van der Waals surface area contributed by atoms with Crippen molar-refractivity contribution in [2.24, 2.45) is 0 Å². The Morgan fingerprint density at radius 2 is 2.17 bits per heavy atom. The van der Waals surface area contributed by atoms with Gasteiger partial charge in [0.2, 0.25) is 0 Å². The highest BCUT2D eigenvalue weighted by Crippen LogP contribution is 2.33. The van der Waals surface area contributed by atoms with E-state index in [1.165, 1.54) is 5.01 Å². The number of para-hydroxylation sites is 1. The van der Waals surface area contributed by atoms with Crippen molar-refractivity contribution >= 4 is 22.3 Å². The highest BCUT2D eigenvalue weighted by molar-refractivity contribution is 7.10. The van der Waals surface area contributed by atoms with E-state index in [0.717, 1.165) is 35.3 Å². The minimum Gasteiger partial charge on any atom is -0.464 e. The number of aromatic nitrogens is 1. The summed E-state index contributed by atoms with van der Waals surface area (Å²) in [6.07, 6.45) is 1.81. The molecule has 0 unspecified atom stereocenters. The first-order valence-corrected chi connectivity index (χ1v) is 6.92. The van der Waals surface area contributed by atoms with Crippen LogP contribution in [0.5, 0.6) is 0 Å². The predicted molar refractivity (Wildman–Crippen MR) is 72.9 cm³/mol. The average molecular weight is 256 g/mol. The maximum atomic E-state index is 5.57. The van der Waals surface area contributed by atoms with Crippen molar-refractivity contribution in [3.63, 3.8) is 0 Å². The molecule has 1 aliphatic heterocycles. The van der Waals surface area contributed by atoms with Gasteiger partial charge in [0.25, 0.3) is 0 Å². The Kier molecular flexibility index (Phi) is 2.25. The summed E-state index contributed by atoms with van der Waals surface area (Å²) >= 11 is 1.75. The van der Waals surface area contributed by atoms with Crippen LogP contribution in [0.3, 0.4) is 0 Å². The predicted octanol–water partition coefficient (Wildman–Crippen LogP) is 3.24. The average Bonchev–Trinajstić information content (AvgIpc) is 2.92. The number of thiazole rings is 1. The normalized spacial score (nSPS) is 16.0. The van der Waals surface area contributed by atoms with E-state index < -0.39 is 0 Å². The molecule has 2 aromatic heterocycles. The second-order valence-corrected chi connectivity index (χ2v) is 5.46. The third-order valence-corrected chi connectivity index (χ3v) is 4.42. The SMILES string of the molecule is c1ccc2c(-c3csc(C4CNC4)n3)coc2c1. The molecule has 0 radical (unpaired) electrons. The minimum atomic E-state index is 0.599. The third-order valence-electron chi connectivity index (χ3n) is 3.41. The molecule has 3 heterocycles. The van der Waals surface area contributed by atoms with Crippen LogP contribution in [0, 0.1) is 0 Å². The van der Waals surface area contributed by atoms with Crippen LogP contribution in [-0.2, 0) is 0 Å². The van der Waals surface area contributed by atoms with E-state index in [9.17, 15) is 0 Å². The Hall–Kier alpha value is -1.65. The zero-order chi connectivity index (χ0) is 11.9. The minimum absolute atomic E-state index is 0.599. The van der Waals surface area contributed by atoms with Crippen molar-refractivity contribution in [1.29, 1.82) is 0 Å². The summed E-state index contributed by atoms with van der Waals surface area (Å²) in [5, 5.41) is 7.78. The fourth-order valence-electron chi connectivity index (χ4n) is 2.24. The molecule has 1 N–H and O–H groups in total. The number of rotatable bonds is 2. The number of fused-ring (bicyclic) bond motifs is 1. The Labute approximate surface area is 108 Å². The standard InChI is InChI=1S/C14H12N2OS/c1-2-4-13-10(3-1)11(7-17-13)12-8-18-14(16-12)9-5-15-6-9/h1-4,7-9,15H,5-6H2. The topological polar surface area (TPSA) is 38.1 Å². The van der Waals surface area contributed by atoms with Crippen molar-refractivity contribution < 1.29 is 4.42 Å². The molecular formula is C14H12N2OS. The van der Waals surface area contributed by atoms with Gasteiger partial charge < -0.3 is 9.73 Å². The van der Waals surface area contributed by atoms with Gasteiger partial charge in [0.15, 0.2) is 0 Å². The molecule has 90 valence electrons. The van der Waals surface area contributed by atoms with E-state index in [4.69, 9.17) is 9.40 Å². The van der Waals surface area contributed by atoms with Gasteiger partial charge in [-0.2, -0.15) is 0 Å². The fraction of sp³-hybridized carbons (Fsp3) is 0.214. The van der Waals surface area contributed by atoms with Crippen molar-refractivity contribution in [2.75, 3.05) is 13.1 Å². The van der Waals surface area contributed by atoms with Gasteiger partial charge in [0, 0.05) is 35.3 Å². The van der Waals surface area contributed by atoms with E-state index in [1.807, 2.05) is 24.5 Å². The molecule has 0 atom stereocenters. The fourth-order valence-corrected chi connectivity index (χ4v) is 3.16. The van der Waals surface area contributed by atoms with Gasteiger partial charge >= 0.3 is 0 Å². The molecule has 1 aliphatic rings. The van der Waals surface area contributed by atoms with Gasteiger partial charge in [-0.15, -0.1) is 11.3 Å². The summed E-state index contributed by atoms with van der Waals surface area (Å²) in [5.41, 5.74) is 3.06. The van der Waals surface area contributed by atoms with Crippen molar-refractivity contribution in [2.45, 2.75) is 5.92 Å². The Morgan fingerprint density at radius 1 is 1.28 bits per heavy atom. The van der Waals surface area contributed by atoms with Crippen LogP contribution in [0.25, 0.3) is 22.2 Å². The number of hydrogen-bond acceptors (Lipinski definition) is 4. The quantitative estimate of drug-likeness (QED) is 0.765. The molecule has 0 amide bonds. The number of nitrogens with one attached hydrogen (secondary N) is 1. The van der Waals surface area contributed by atoms with E-state index in [1.54, 1.807) is 11.3 Å². The Morgan fingerprint density at radius 3 is 3.00 bits per heavy atom. The molecule has 0 saturated carbocycles. The van der Waals surface area contributed by atoms with Crippen molar-refractivity contribution in [3.8, 4) is 11.3 Å². The summed E-state index contributed by atoms with van der Waals surface area (Å²) in [7, 11) is 0. The Balaban J connectivity index is 1.79. The number of hydrogen-bond donors (Lipinski definition) is 1. The van der Waals surface area contributed by atoms with Crippen molar-refractivity contribution in [3.05, 3.63) is 40.9 Å². The van der Waals surface area contributed by atoms with Gasteiger partial charge in [-0.05, 0) is 6.07 Å². The van der Waals surface area contributed by atoms with Gasteiger partial charge in [-0.25, -0.2) is 4.98 Å². The van der Waals surface area contributed by atoms with Crippen LogP contribution < -0.4 is 5.32 Å². The lowest BCUT2D eigenvalue weighted by Crippen LogP contribution is -2.39. The molecular weight excluding hydrogens is 244 g/mol. The molecule has 4 rings (SSSR count). The highest BCUT2D eigenvalue weighted by Gasteiger charge is 2.22. The molecule has 1 aromatic carbocycles. The summed E-state index contributed by atoms with van der Waals surface area (Å²) in [6.45, 7) is 2.11. The van der Waals surface area contributed by atoms with Gasteiger partial charge in [-0.1, -0.05) is 18.2 Å². The van der Waals surface area contributed by atoms with Crippen LogP contribution in [0.1, 0.15) is 10.9 Å². The van der Waals surface area contributed by atoms with E-state index in [2.05, 4.69) is 16.8 Å². The largest absolute Gasteiger partial charge is 0.464 e. The first-order valence-electron chi connectivity index (χ1n) is 6.04. The van der Waals surface area contributed by atoms with E-state index in [-0.39, 0.29) is 0 Å². The molecule has 0 spiro atoms. The molecule has 18 heavy (non-hydrogen) atoms. The lowest BCUT2D eigenvalue weighted by atomic mass is 10.1. The van der Waals surface area contributed by atoms with Gasteiger partial charge in [0.1, 0.15) is 11.8 Å². The van der Waals surface area contributed by atoms with Crippen LogP contribution in [-0.4, -0.2) is 18.1 Å². The summed E-state index contributed by atoms with van der Waals surface area (Å²) in [4.78, 5) is 4.74. The van der Waals surface area contributed by atoms with Crippen LogP contribution in [0.15, 0.2) is 40.3 Å². The lowest BCUT2D eigenvalue weighted by Gasteiger charge is -2.24. The van der Waals surface area contributed by atoms with Crippen molar-refractivity contribution in [1.82, 2.24) is 10.3 Å². The first-order chi connectivity index (χ1) is 8.92.